The molecule has 1 aliphatic rings. The lowest BCUT2D eigenvalue weighted by atomic mass is 10.2. The molecule has 0 aliphatic heterocycles. The van der Waals surface area contributed by atoms with Gasteiger partial charge in [-0.25, -0.2) is 9.97 Å². The zero-order chi connectivity index (χ0) is 17.2. The minimum absolute atomic E-state index is 0.601. The summed E-state index contributed by atoms with van der Waals surface area (Å²) in [6.45, 7) is 3.53. The minimum Gasteiger partial charge on any atom is -0.370 e. The molecule has 0 bridgehead atoms. The monoisotopic (exact) mass is 354 g/mol. The van der Waals surface area contributed by atoms with Crippen LogP contribution >= 0.6 is 11.3 Å². The van der Waals surface area contributed by atoms with Crippen LogP contribution in [0.4, 0.5) is 17.5 Å². The van der Waals surface area contributed by atoms with Crippen molar-refractivity contribution in [3.8, 4) is 0 Å². The van der Waals surface area contributed by atoms with Crippen molar-refractivity contribution in [1.29, 1.82) is 0 Å². The highest BCUT2D eigenvalue weighted by Crippen LogP contribution is 2.42. The zero-order valence-electron chi connectivity index (χ0n) is 14.2. The molecule has 4 rings (SSSR count). The molecule has 4 N–H and O–H groups in total. The molecule has 6 nitrogen and oxygen atoms in total. The van der Waals surface area contributed by atoms with Crippen molar-refractivity contribution < 1.29 is 0 Å². The molecule has 2 heterocycles. The Balaban J connectivity index is 1.56. The average molecular weight is 354 g/mol. The van der Waals surface area contributed by atoms with E-state index in [1.807, 2.05) is 25.3 Å². The van der Waals surface area contributed by atoms with Crippen LogP contribution in [0.2, 0.25) is 0 Å². The van der Waals surface area contributed by atoms with Gasteiger partial charge in [0.15, 0.2) is 0 Å². The fraction of sp³-hybridized carbons (Fsp3) is 0.389. The predicted molar refractivity (Wildman–Crippen MR) is 104 cm³/mol. The standard InChI is InChI=1S/C18H22N6S/c1-11-22-15-9-13(5-6-16(15)25-11)23-18-21-10-14(12-3-4-12)17(24-18)20-8-2-7-19/h5-6,9-10,12H,2-4,7-8,19H2,1H3,(H2,20,21,23,24). The Morgan fingerprint density at radius 1 is 1.28 bits per heavy atom. The number of rotatable bonds is 7. The summed E-state index contributed by atoms with van der Waals surface area (Å²) in [6.07, 6.45) is 5.32. The van der Waals surface area contributed by atoms with Crippen molar-refractivity contribution >= 4 is 39.0 Å². The zero-order valence-corrected chi connectivity index (χ0v) is 15.1. The first kappa shape index (κ1) is 16.2. The molecule has 0 spiro atoms. The van der Waals surface area contributed by atoms with Gasteiger partial charge in [0.05, 0.1) is 15.2 Å². The van der Waals surface area contributed by atoms with Crippen LogP contribution in [0.3, 0.4) is 0 Å². The summed E-state index contributed by atoms with van der Waals surface area (Å²) in [4.78, 5) is 13.7. The summed E-state index contributed by atoms with van der Waals surface area (Å²) in [5.41, 5.74) is 8.76. The van der Waals surface area contributed by atoms with Gasteiger partial charge in [-0.1, -0.05) is 0 Å². The molecule has 3 aromatic rings. The van der Waals surface area contributed by atoms with Crippen molar-refractivity contribution in [2.75, 3.05) is 23.7 Å². The summed E-state index contributed by atoms with van der Waals surface area (Å²) >= 11 is 1.70. The van der Waals surface area contributed by atoms with Gasteiger partial charge in [-0.05, 0) is 56.8 Å². The van der Waals surface area contributed by atoms with Gasteiger partial charge < -0.3 is 16.4 Å². The second-order valence-corrected chi connectivity index (χ2v) is 7.62. The number of nitrogens with one attached hydrogen (secondary N) is 2. The predicted octanol–water partition coefficient (Wildman–Crippen LogP) is 3.78. The normalized spacial score (nSPS) is 14.0. The number of nitrogens with zero attached hydrogens (tertiary/aromatic N) is 3. The largest absolute Gasteiger partial charge is 0.370 e. The van der Waals surface area contributed by atoms with E-state index in [0.29, 0.717) is 18.4 Å². The van der Waals surface area contributed by atoms with Crippen molar-refractivity contribution in [2.45, 2.75) is 32.1 Å². The highest BCUT2D eigenvalue weighted by molar-refractivity contribution is 7.18. The minimum atomic E-state index is 0.601. The van der Waals surface area contributed by atoms with Crippen LogP contribution in [0.15, 0.2) is 24.4 Å². The first-order valence-corrected chi connectivity index (χ1v) is 9.49. The van der Waals surface area contributed by atoms with Gasteiger partial charge >= 0.3 is 0 Å². The Kier molecular flexibility index (Phi) is 4.50. The number of thiazole rings is 1. The number of hydrogen-bond donors (Lipinski definition) is 3. The SMILES string of the molecule is Cc1nc2cc(Nc3ncc(C4CC4)c(NCCCN)n3)ccc2s1. The van der Waals surface area contributed by atoms with E-state index in [2.05, 4.69) is 26.7 Å². The molecule has 0 saturated heterocycles. The maximum absolute atomic E-state index is 5.59. The second-order valence-electron chi connectivity index (χ2n) is 6.38. The van der Waals surface area contributed by atoms with Gasteiger partial charge in [-0.2, -0.15) is 4.98 Å². The summed E-state index contributed by atoms with van der Waals surface area (Å²) in [6, 6.07) is 6.17. The second kappa shape index (κ2) is 6.93. The summed E-state index contributed by atoms with van der Waals surface area (Å²) in [5, 5.41) is 7.79. The van der Waals surface area contributed by atoms with Crippen molar-refractivity contribution in [3.63, 3.8) is 0 Å². The number of aryl methyl sites for hydroxylation is 1. The third-order valence-electron chi connectivity index (χ3n) is 4.26. The van der Waals surface area contributed by atoms with E-state index in [9.17, 15) is 0 Å². The molecule has 0 unspecified atom stereocenters. The molecule has 1 aromatic carbocycles. The number of fused-ring (bicyclic) bond motifs is 1. The average Bonchev–Trinajstić information content (AvgIpc) is 3.36. The molecule has 0 amide bonds. The van der Waals surface area contributed by atoms with E-state index >= 15 is 0 Å². The summed E-state index contributed by atoms with van der Waals surface area (Å²) < 4.78 is 1.19. The number of aromatic nitrogens is 3. The Bertz CT molecular complexity index is 886. The first-order valence-electron chi connectivity index (χ1n) is 8.68. The highest BCUT2D eigenvalue weighted by Gasteiger charge is 2.27. The lowest BCUT2D eigenvalue weighted by Gasteiger charge is -2.12. The number of hydrogen-bond acceptors (Lipinski definition) is 7. The van der Waals surface area contributed by atoms with E-state index in [-0.39, 0.29) is 0 Å². The molecule has 7 heteroatoms. The van der Waals surface area contributed by atoms with Crippen LogP contribution in [-0.4, -0.2) is 28.0 Å². The molecular weight excluding hydrogens is 332 g/mol. The fourth-order valence-corrected chi connectivity index (χ4v) is 3.65. The van der Waals surface area contributed by atoms with E-state index in [4.69, 9.17) is 10.7 Å². The Morgan fingerprint density at radius 2 is 2.16 bits per heavy atom. The molecular formula is C18H22N6S. The Morgan fingerprint density at radius 3 is 2.96 bits per heavy atom. The molecule has 2 aromatic heterocycles. The highest BCUT2D eigenvalue weighted by atomic mass is 32.1. The molecule has 130 valence electrons. The third-order valence-corrected chi connectivity index (χ3v) is 5.21. The van der Waals surface area contributed by atoms with Crippen LogP contribution < -0.4 is 16.4 Å². The van der Waals surface area contributed by atoms with E-state index in [1.54, 1.807) is 11.3 Å². The van der Waals surface area contributed by atoms with E-state index < -0.39 is 0 Å². The van der Waals surface area contributed by atoms with Crippen LogP contribution in [0, 0.1) is 6.92 Å². The van der Waals surface area contributed by atoms with Gasteiger partial charge in [0.1, 0.15) is 5.82 Å². The molecule has 1 aliphatic carbocycles. The lowest BCUT2D eigenvalue weighted by molar-refractivity contribution is 0.865. The number of benzene rings is 1. The Hall–Kier alpha value is -2.25. The maximum atomic E-state index is 5.59. The van der Waals surface area contributed by atoms with Crippen LogP contribution in [0.25, 0.3) is 10.2 Å². The van der Waals surface area contributed by atoms with Gasteiger partial charge in [0.2, 0.25) is 5.95 Å². The fourth-order valence-electron chi connectivity index (χ4n) is 2.84. The molecule has 1 fully saturated rings. The summed E-state index contributed by atoms with van der Waals surface area (Å²) in [7, 11) is 0. The topological polar surface area (TPSA) is 88.8 Å². The van der Waals surface area contributed by atoms with Crippen LogP contribution in [-0.2, 0) is 0 Å². The molecule has 0 atom stereocenters. The molecule has 1 saturated carbocycles. The quantitative estimate of drug-likeness (QED) is 0.560. The molecule has 25 heavy (non-hydrogen) atoms. The summed E-state index contributed by atoms with van der Waals surface area (Å²) in [5.74, 6) is 2.13. The lowest BCUT2D eigenvalue weighted by Crippen LogP contribution is -2.12. The van der Waals surface area contributed by atoms with Crippen molar-refractivity contribution in [1.82, 2.24) is 15.0 Å². The van der Waals surface area contributed by atoms with Crippen molar-refractivity contribution in [3.05, 3.63) is 35.0 Å². The van der Waals surface area contributed by atoms with Crippen molar-refractivity contribution in [2.24, 2.45) is 5.73 Å². The molecule has 0 radical (unpaired) electrons. The maximum Gasteiger partial charge on any atom is 0.229 e. The Labute approximate surface area is 150 Å². The van der Waals surface area contributed by atoms with Gasteiger partial charge in [0.25, 0.3) is 0 Å². The smallest absolute Gasteiger partial charge is 0.229 e. The van der Waals surface area contributed by atoms with Gasteiger partial charge in [0, 0.05) is 24.0 Å². The van der Waals surface area contributed by atoms with Gasteiger partial charge in [-0.15, -0.1) is 11.3 Å². The third kappa shape index (κ3) is 3.72. The van der Waals surface area contributed by atoms with E-state index in [0.717, 1.165) is 35.0 Å². The van der Waals surface area contributed by atoms with Crippen LogP contribution in [0.5, 0.6) is 0 Å². The number of anilines is 3. The number of nitrogens with two attached hydrogens (primary N) is 1. The van der Waals surface area contributed by atoms with E-state index in [1.165, 1.54) is 23.1 Å². The van der Waals surface area contributed by atoms with Crippen LogP contribution in [0.1, 0.15) is 35.8 Å². The van der Waals surface area contributed by atoms with Gasteiger partial charge in [-0.3, -0.25) is 0 Å². The first-order chi connectivity index (χ1) is 12.2.